The van der Waals surface area contributed by atoms with E-state index in [4.69, 9.17) is 21.1 Å². The lowest BCUT2D eigenvalue weighted by Crippen LogP contribution is -2.56. The Labute approximate surface area is 295 Å². The number of hydrogen-bond donors (Lipinski definition) is 1. The summed E-state index contributed by atoms with van der Waals surface area (Å²) in [4.78, 5) is 18.0. The van der Waals surface area contributed by atoms with Gasteiger partial charge in [-0.15, -0.1) is 0 Å². The Morgan fingerprint density at radius 1 is 1.10 bits per heavy atom. The smallest absolute Gasteiger partial charge is 0.264 e. The van der Waals surface area contributed by atoms with Gasteiger partial charge < -0.3 is 14.4 Å². The zero-order valence-electron chi connectivity index (χ0n) is 28.8. The number of sulfonamides is 1. The predicted molar refractivity (Wildman–Crippen MR) is 192 cm³/mol. The van der Waals surface area contributed by atoms with Crippen LogP contribution in [0.15, 0.2) is 60.5 Å². The number of aryl methyl sites for hydroxylation is 1. The minimum atomic E-state index is -3.98. The molecule has 2 aromatic rings. The molecular weight excluding hydrogens is 665 g/mol. The van der Waals surface area contributed by atoms with Gasteiger partial charge in [0.25, 0.3) is 5.91 Å². The predicted octanol–water partition coefficient (Wildman–Crippen LogP) is 7.08. The van der Waals surface area contributed by atoms with Gasteiger partial charge in [0.2, 0.25) is 10.0 Å². The van der Waals surface area contributed by atoms with Crippen LogP contribution in [0, 0.1) is 17.8 Å². The molecule has 8 nitrogen and oxygen atoms in total. The van der Waals surface area contributed by atoms with Crippen LogP contribution in [0.2, 0.25) is 5.02 Å². The molecule has 2 aromatic carbocycles. The van der Waals surface area contributed by atoms with E-state index in [1.54, 1.807) is 38.3 Å². The molecule has 49 heavy (non-hydrogen) atoms. The number of nitrogens with one attached hydrogen (secondary N) is 1. The van der Waals surface area contributed by atoms with Crippen molar-refractivity contribution < 1.29 is 27.1 Å². The zero-order chi connectivity index (χ0) is 34.8. The molecule has 0 aromatic heterocycles. The van der Waals surface area contributed by atoms with Crippen molar-refractivity contribution in [2.75, 3.05) is 44.7 Å². The van der Waals surface area contributed by atoms with E-state index in [9.17, 15) is 17.6 Å². The van der Waals surface area contributed by atoms with E-state index in [2.05, 4.69) is 20.6 Å². The second-order valence-corrected chi connectivity index (χ2v) is 16.8. The van der Waals surface area contributed by atoms with Gasteiger partial charge in [0.05, 0.1) is 17.5 Å². The molecule has 266 valence electrons. The molecule has 0 unspecified atom stereocenters. The molecular formula is C38H49ClFN3O5S. The number of halogens is 2. The minimum Gasteiger partial charge on any atom is -0.487 e. The first-order chi connectivity index (χ1) is 23.5. The van der Waals surface area contributed by atoms with Gasteiger partial charge in [-0.25, -0.2) is 17.5 Å². The normalized spacial score (nSPS) is 30.3. The monoisotopic (exact) mass is 713 g/mol. The highest BCUT2D eigenvalue weighted by Gasteiger charge is 2.48. The largest absolute Gasteiger partial charge is 0.487 e. The summed E-state index contributed by atoms with van der Waals surface area (Å²) in [6.45, 7) is 6.86. The maximum absolute atomic E-state index is 14.5. The van der Waals surface area contributed by atoms with E-state index in [1.807, 2.05) is 31.2 Å². The Balaban J connectivity index is 1.41. The number of rotatable bonds is 3. The first kappa shape index (κ1) is 35.9. The van der Waals surface area contributed by atoms with E-state index in [0.717, 1.165) is 62.0 Å². The van der Waals surface area contributed by atoms with E-state index >= 15 is 0 Å². The maximum atomic E-state index is 14.5. The summed E-state index contributed by atoms with van der Waals surface area (Å²) in [5.74, 6) is 0.0232. The molecule has 3 heterocycles. The van der Waals surface area contributed by atoms with Crippen LogP contribution in [-0.4, -0.2) is 69.9 Å². The molecule has 0 saturated heterocycles. The molecule has 5 atom stereocenters. The minimum absolute atomic E-state index is 0.116. The van der Waals surface area contributed by atoms with E-state index < -0.39 is 26.8 Å². The number of allylic oxidation sites excluding steroid dienone is 1. The maximum Gasteiger partial charge on any atom is 0.264 e. The molecule has 11 heteroatoms. The number of hydrogen-bond acceptors (Lipinski definition) is 7. The zero-order valence-corrected chi connectivity index (χ0v) is 30.4. The molecule has 0 spiro atoms. The van der Waals surface area contributed by atoms with Gasteiger partial charge in [-0.05, 0) is 111 Å². The molecule has 1 saturated carbocycles. The SMILES string of the molecule is CO[C@@]1(CN2CCC=C(F)C2)/C=C/C[C@H](C)[C@@H](C)S(=O)(=O)NC(=O)c2ccc3c(c2)N(CCCCc2cc(Cl)ccc2CO3)C[C@@H]2CC[C@H]21. The summed E-state index contributed by atoms with van der Waals surface area (Å²) in [5, 5.41) is -0.124. The lowest BCUT2D eigenvalue weighted by Gasteiger charge is -2.51. The average molecular weight is 714 g/mol. The summed E-state index contributed by atoms with van der Waals surface area (Å²) < 4.78 is 56.8. The van der Waals surface area contributed by atoms with Crippen LogP contribution < -0.4 is 14.4 Å². The fourth-order valence-corrected chi connectivity index (χ4v) is 9.36. The van der Waals surface area contributed by atoms with Gasteiger partial charge in [-0.3, -0.25) is 9.69 Å². The number of anilines is 1. The van der Waals surface area contributed by atoms with Crippen molar-refractivity contribution in [1.82, 2.24) is 9.62 Å². The Kier molecular flexibility index (Phi) is 11.1. The van der Waals surface area contributed by atoms with Crippen molar-refractivity contribution in [2.24, 2.45) is 17.8 Å². The summed E-state index contributed by atoms with van der Waals surface area (Å²) in [7, 11) is -2.24. The number of fused-ring (bicyclic) bond motifs is 3. The quantitative estimate of drug-likeness (QED) is 0.341. The van der Waals surface area contributed by atoms with Crippen LogP contribution in [0.3, 0.4) is 0 Å². The Bertz CT molecular complexity index is 1700. The number of carbonyl (C=O) groups is 1. The van der Waals surface area contributed by atoms with Crippen molar-refractivity contribution in [3.8, 4) is 5.75 Å². The number of nitrogens with zero attached hydrogens (tertiary/aromatic N) is 2. The highest BCUT2D eigenvalue weighted by molar-refractivity contribution is 7.90. The summed E-state index contributed by atoms with van der Waals surface area (Å²) in [6, 6.07) is 11.1. The second-order valence-electron chi connectivity index (χ2n) is 14.3. The van der Waals surface area contributed by atoms with Gasteiger partial charge >= 0.3 is 0 Å². The first-order valence-electron chi connectivity index (χ1n) is 17.6. The van der Waals surface area contributed by atoms with Crippen molar-refractivity contribution in [3.63, 3.8) is 0 Å². The fourth-order valence-electron chi connectivity index (χ4n) is 7.88. The molecule has 6 rings (SSSR count). The van der Waals surface area contributed by atoms with Crippen LogP contribution >= 0.6 is 11.6 Å². The van der Waals surface area contributed by atoms with Crippen LogP contribution in [0.25, 0.3) is 0 Å². The van der Waals surface area contributed by atoms with Crippen LogP contribution in [0.1, 0.15) is 73.9 Å². The molecule has 1 amide bonds. The molecule has 1 N–H and O–H groups in total. The lowest BCUT2D eigenvalue weighted by molar-refractivity contribution is -0.0912. The fraction of sp³-hybridized carbons (Fsp3) is 0.553. The first-order valence-corrected chi connectivity index (χ1v) is 19.5. The number of amides is 1. The van der Waals surface area contributed by atoms with E-state index in [1.165, 1.54) is 0 Å². The summed E-state index contributed by atoms with van der Waals surface area (Å²) in [5.41, 5.74) is 2.58. The van der Waals surface area contributed by atoms with Crippen molar-refractivity contribution in [1.29, 1.82) is 0 Å². The standard InChI is InChI=1S/C38H49ClFN3O5S/c1-26-8-6-17-38(47-3,25-42-18-7-10-33(40)23-42)34-15-12-30(34)22-43-19-5-4-9-28-20-32(39)14-11-31(28)24-48-36-16-13-29(21-35(36)43)37(44)41-49(45,46)27(26)2/h6,10-11,13-14,16-17,20-21,26-27,30,34H,4-5,7-9,12,15,18-19,22-25H2,1-3H3,(H,41,44)/b17-6+/t26-,27+,30-,34+,38+/m0/s1. The van der Waals surface area contributed by atoms with E-state index in [-0.39, 0.29) is 35.7 Å². The summed E-state index contributed by atoms with van der Waals surface area (Å²) in [6.07, 6.45) is 11.7. The van der Waals surface area contributed by atoms with Gasteiger partial charge in [0.15, 0.2) is 0 Å². The van der Waals surface area contributed by atoms with Crippen LogP contribution in [0.4, 0.5) is 10.1 Å². The van der Waals surface area contributed by atoms with Crippen LogP contribution in [-0.2, 0) is 27.8 Å². The molecule has 3 aliphatic heterocycles. The third kappa shape index (κ3) is 8.03. The lowest BCUT2D eigenvalue weighted by atomic mass is 9.63. The highest BCUT2D eigenvalue weighted by Crippen LogP contribution is 2.47. The van der Waals surface area contributed by atoms with Gasteiger partial charge in [-0.2, -0.15) is 0 Å². The molecule has 1 fully saturated rings. The number of ether oxygens (including phenoxy) is 2. The summed E-state index contributed by atoms with van der Waals surface area (Å²) >= 11 is 6.37. The van der Waals surface area contributed by atoms with Crippen LogP contribution in [0.5, 0.6) is 5.75 Å². The van der Waals surface area contributed by atoms with Gasteiger partial charge in [0.1, 0.15) is 23.8 Å². The highest BCUT2D eigenvalue weighted by atomic mass is 35.5. The molecule has 0 radical (unpaired) electrons. The van der Waals surface area contributed by atoms with Crippen molar-refractivity contribution >= 4 is 33.2 Å². The van der Waals surface area contributed by atoms with Crippen molar-refractivity contribution in [3.05, 3.63) is 82.2 Å². The van der Waals surface area contributed by atoms with E-state index in [0.29, 0.717) is 43.3 Å². The molecule has 4 aliphatic rings. The topological polar surface area (TPSA) is 88.2 Å². The third-order valence-electron chi connectivity index (χ3n) is 11.2. The second kappa shape index (κ2) is 15.1. The Morgan fingerprint density at radius 2 is 1.94 bits per heavy atom. The Hall–Kier alpha value is -2.92. The van der Waals surface area contributed by atoms with Gasteiger partial charge in [0, 0.05) is 43.9 Å². The Morgan fingerprint density at radius 3 is 2.69 bits per heavy atom. The third-order valence-corrected chi connectivity index (χ3v) is 13.4. The number of carbonyl (C=O) groups excluding carboxylic acids is 1. The number of methoxy groups -OCH3 is 1. The number of benzene rings is 2. The van der Waals surface area contributed by atoms with Gasteiger partial charge in [-0.1, -0.05) is 42.8 Å². The average Bonchev–Trinajstić information content (AvgIpc) is 3.08. The molecule has 2 bridgehead atoms. The molecule has 1 aliphatic carbocycles. The van der Waals surface area contributed by atoms with Crippen molar-refractivity contribution in [2.45, 2.75) is 76.3 Å².